The van der Waals surface area contributed by atoms with Crippen LogP contribution < -0.4 is 20.1 Å². The quantitative estimate of drug-likeness (QED) is 0.339. The second-order valence-corrected chi connectivity index (χ2v) is 15.2. The lowest BCUT2D eigenvalue weighted by Crippen LogP contribution is -2.50. The third-order valence-electron chi connectivity index (χ3n) is 9.59. The molecule has 4 N–H and O–H groups in total. The highest BCUT2D eigenvalue weighted by Crippen LogP contribution is 2.46. The van der Waals surface area contributed by atoms with E-state index in [0.29, 0.717) is 42.6 Å². The number of allylic oxidation sites excluding steroid dienone is 1. The van der Waals surface area contributed by atoms with Crippen molar-refractivity contribution in [2.45, 2.75) is 75.5 Å². The standard InChI is InChI=1S/C31H38ClN3O4S.C2H4O2/c1-20-5-2-3-7-27(33)25-11-8-23(25)17-35-18-31(14-4-6-21-15-24(32)10-12-26(21)31)19-39-29-13-9-22(16-28(29)35)30(36)34-40(20,37)38;1-2(3)4/h3,7,9-10,12-13,15-16,20,23,25,27H,2,4-6,8,11,14,17-19,33H2,1H3,(H,34,36);1H3,(H,3,4)/b7-3+;/t20-,23+,25-,27+,31+;/m1./s1. The van der Waals surface area contributed by atoms with Gasteiger partial charge in [0, 0.05) is 42.1 Å². The number of hydrogen-bond donors (Lipinski definition) is 3. The predicted molar refractivity (Wildman–Crippen MR) is 172 cm³/mol. The van der Waals surface area contributed by atoms with Gasteiger partial charge in [-0.3, -0.25) is 9.59 Å². The Balaban J connectivity index is 0.000000906. The summed E-state index contributed by atoms with van der Waals surface area (Å²) in [6.07, 6.45) is 10.3. The van der Waals surface area contributed by atoms with Gasteiger partial charge in [0.1, 0.15) is 5.75 Å². The molecule has 0 unspecified atom stereocenters. The van der Waals surface area contributed by atoms with Gasteiger partial charge in [-0.2, -0.15) is 0 Å². The van der Waals surface area contributed by atoms with E-state index < -0.39 is 27.1 Å². The smallest absolute Gasteiger partial charge is 0.300 e. The van der Waals surface area contributed by atoms with Crippen molar-refractivity contribution in [3.8, 4) is 5.75 Å². The summed E-state index contributed by atoms with van der Waals surface area (Å²) in [7, 11) is -3.83. The molecule has 2 aliphatic heterocycles. The lowest BCUT2D eigenvalue weighted by molar-refractivity contribution is -0.134. The molecule has 0 radical (unpaired) electrons. The van der Waals surface area contributed by atoms with Crippen LogP contribution in [-0.2, 0) is 26.7 Å². The van der Waals surface area contributed by atoms with Gasteiger partial charge in [-0.15, -0.1) is 0 Å². The second-order valence-electron chi connectivity index (χ2n) is 12.7. The molecule has 1 saturated carbocycles. The van der Waals surface area contributed by atoms with Gasteiger partial charge in [0.2, 0.25) is 10.0 Å². The third kappa shape index (κ3) is 6.92. The lowest BCUT2D eigenvalue weighted by atomic mass is 9.68. The Bertz CT molecular complexity index is 1540. The highest BCUT2D eigenvalue weighted by atomic mass is 35.5. The number of carboxylic acid groups (broad SMARTS) is 1. The maximum Gasteiger partial charge on any atom is 0.300 e. The van der Waals surface area contributed by atoms with E-state index in [1.54, 1.807) is 19.1 Å². The number of carboxylic acids is 1. The van der Waals surface area contributed by atoms with Crippen molar-refractivity contribution in [3.05, 3.63) is 70.3 Å². The van der Waals surface area contributed by atoms with E-state index in [4.69, 9.17) is 32.0 Å². The highest BCUT2D eigenvalue weighted by Gasteiger charge is 2.44. The van der Waals surface area contributed by atoms with Crippen LogP contribution in [0.1, 0.15) is 73.9 Å². The molecule has 44 heavy (non-hydrogen) atoms. The van der Waals surface area contributed by atoms with Crippen molar-refractivity contribution < 1.29 is 27.9 Å². The van der Waals surface area contributed by atoms with Gasteiger partial charge in [0.15, 0.2) is 0 Å². The fourth-order valence-corrected chi connectivity index (χ4v) is 8.26. The second kappa shape index (κ2) is 13.1. The van der Waals surface area contributed by atoms with Crippen molar-refractivity contribution in [3.63, 3.8) is 0 Å². The number of ether oxygens (including phenoxy) is 1. The molecule has 2 aliphatic carbocycles. The average Bonchev–Trinajstić information content (AvgIpc) is 3.09. The summed E-state index contributed by atoms with van der Waals surface area (Å²) in [6.45, 7) is 4.78. The molecular weight excluding hydrogens is 602 g/mol. The minimum atomic E-state index is -3.83. The lowest BCUT2D eigenvalue weighted by Gasteiger charge is -2.45. The average molecular weight is 644 g/mol. The summed E-state index contributed by atoms with van der Waals surface area (Å²) in [5.74, 6) is 0.0442. The fraction of sp³-hybridized carbons (Fsp3) is 0.515. The first-order valence-electron chi connectivity index (χ1n) is 15.4. The zero-order valence-electron chi connectivity index (χ0n) is 25.3. The van der Waals surface area contributed by atoms with Crippen molar-refractivity contribution in [2.24, 2.45) is 17.6 Å². The number of aryl methyl sites for hydroxylation is 1. The zero-order chi connectivity index (χ0) is 31.6. The van der Waals surface area contributed by atoms with E-state index in [1.165, 1.54) is 11.1 Å². The Morgan fingerprint density at radius 2 is 1.95 bits per heavy atom. The summed E-state index contributed by atoms with van der Waals surface area (Å²) in [5, 5.41) is 7.46. The normalized spacial score (nSPS) is 30.1. The molecule has 5 atom stereocenters. The van der Waals surface area contributed by atoms with E-state index in [0.717, 1.165) is 62.8 Å². The summed E-state index contributed by atoms with van der Waals surface area (Å²) >= 11 is 6.38. The van der Waals surface area contributed by atoms with Gasteiger partial charge in [-0.1, -0.05) is 29.8 Å². The van der Waals surface area contributed by atoms with Crippen molar-refractivity contribution in [1.82, 2.24) is 4.72 Å². The zero-order valence-corrected chi connectivity index (χ0v) is 26.9. The van der Waals surface area contributed by atoms with Crippen LogP contribution >= 0.6 is 11.6 Å². The first-order valence-corrected chi connectivity index (χ1v) is 17.3. The number of hydrogen-bond acceptors (Lipinski definition) is 7. The molecule has 4 aliphatic rings. The van der Waals surface area contributed by atoms with Crippen molar-refractivity contribution in [2.75, 3.05) is 24.6 Å². The number of halogens is 1. The number of nitrogens with zero attached hydrogens (tertiary/aromatic N) is 1. The number of carbonyl (C=O) groups is 2. The van der Waals surface area contributed by atoms with Crippen molar-refractivity contribution >= 4 is 39.2 Å². The van der Waals surface area contributed by atoms with Crippen LogP contribution in [0.2, 0.25) is 5.02 Å². The number of carbonyl (C=O) groups excluding carboxylic acids is 1. The molecule has 6 rings (SSSR count). The van der Waals surface area contributed by atoms with Gasteiger partial charge in [0.25, 0.3) is 11.9 Å². The Morgan fingerprint density at radius 3 is 2.68 bits per heavy atom. The molecule has 2 heterocycles. The van der Waals surface area contributed by atoms with Crippen LogP contribution in [0.25, 0.3) is 0 Å². The van der Waals surface area contributed by atoms with E-state index in [9.17, 15) is 13.2 Å². The summed E-state index contributed by atoms with van der Waals surface area (Å²) in [6, 6.07) is 11.4. The number of sulfonamides is 1. The minimum absolute atomic E-state index is 0.0705. The van der Waals surface area contributed by atoms with E-state index in [2.05, 4.69) is 21.8 Å². The topological polar surface area (TPSA) is 139 Å². The summed E-state index contributed by atoms with van der Waals surface area (Å²) in [5.41, 5.74) is 10.1. The molecule has 11 heteroatoms. The summed E-state index contributed by atoms with van der Waals surface area (Å²) in [4.78, 5) is 24.6. The Labute approximate surface area is 264 Å². The Morgan fingerprint density at radius 1 is 1.18 bits per heavy atom. The molecular formula is C33H42ClN3O6S. The minimum Gasteiger partial charge on any atom is -0.490 e. The van der Waals surface area contributed by atoms with Crippen molar-refractivity contribution in [1.29, 1.82) is 0 Å². The molecule has 238 valence electrons. The highest BCUT2D eigenvalue weighted by molar-refractivity contribution is 7.90. The molecule has 1 fully saturated rings. The number of nitrogens with two attached hydrogens (primary N) is 1. The number of aliphatic carboxylic acids is 1. The largest absolute Gasteiger partial charge is 0.490 e. The maximum absolute atomic E-state index is 13.2. The van der Waals surface area contributed by atoms with Crippen LogP contribution in [0, 0.1) is 11.8 Å². The van der Waals surface area contributed by atoms with Gasteiger partial charge >= 0.3 is 0 Å². The number of nitrogens with one attached hydrogen (secondary N) is 1. The van der Waals surface area contributed by atoms with Crippen LogP contribution in [0.3, 0.4) is 0 Å². The van der Waals surface area contributed by atoms with Gasteiger partial charge in [0.05, 0.1) is 17.5 Å². The molecule has 2 aromatic rings. The van der Waals surface area contributed by atoms with Gasteiger partial charge in [-0.05, 0) is 105 Å². The van der Waals surface area contributed by atoms with Crippen LogP contribution in [-0.4, -0.2) is 56.4 Å². The molecule has 2 aromatic carbocycles. The first kappa shape index (κ1) is 32.3. The molecule has 1 amide bonds. The molecule has 2 bridgehead atoms. The van der Waals surface area contributed by atoms with E-state index in [1.807, 2.05) is 24.3 Å². The molecule has 1 spiro atoms. The van der Waals surface area contributed by atoms with Crippen LogP contribution in [0.5, 0.6) is 5.75 Å². The number of anilines is 1. The third-order valence-corrected chi connectivity index (χ3v) is 11.6. The predicted octanol–water partition coefficient (Wildman–Crippen LogP) is 5.06. The summed E-state index contributed by atoms with van der Waals surface area (Å²) < 4.78 is 34.7. The van der Waals surface area contributed by atoms with Gasteiger partial charge in [-0.25, -0.2) is 13.1 Å². The number of benzene rings is 2. The van der Waals surface area contributed by atoms with E-state index >= 15 is 0 Å². The number of amides is 1. The first-order chi connectivity index (χ1) is 20.9. The molecule has 0 saturated heterocycles. The van der Waals surface area contributed by atoms with Crippen LogP contribution in [0.15, 0.2) is 48.6 Å². The Kier molecular flexibility index (Phi) is 9.63. The number of rotatable bonds is 0. The van der Waals surface area contributed by atoms with Crippen LogP contribution in [0.4, 0.5) is 5.69 Å². The maximum atomic E-state index is 13.2. The SMILES string of the molecule is CC(=O)O.C[C@@H]1CC/C=C/[C@H](N)[C@@H]2CC[C@H]2CN2C[C@@]3(CCCc4cc(Cl)ccc43)COc3ccc(cc32)C(=O)NS1(=O)=O. The molecule has 9 nitrogen and oxygen atoms in total. The molecule has 0 aromatic heterocycles. The number of fused-ring (bicyclic) bond motifs is 4. The fourth-order valence-electron chi connectivity index (χ4n) is 7.04. The van der Waals surface area contributed by atoms with Gasteiger partial charge < -0.3 is 20.5 Å². The Hall–Kier alpha value is -3.08. The van der Waals surface area contributed by atoms with E-state index in [-0.39, 0.29) is 11.5 Å². The monoisotopic (exact) mass is 643 g/mol.